The molecular weight excluding hydrogens is 359 g/mol. The average molecular weight is 371 g/mol. The highest BCUT2D eigenvalue weighted by Gasteiger charge is 2.30. The number of hydrogen-bond acceptors (Lipinski definition) is 8. The van der Waals surface area contributed by atoms with E-state index in [1.165, 1.54) is 0 Å². The van der Waals surface area contributed by atoms with Gasteiger partial charge >= 0.3 is 11.4 Å². The second-order valence-electron chi connectivity index (χ2n) is 3.73. The fourth-order valence-corrected chi connectivity index (χ4v) is 1.50. The fourth-order valence-electron chi connectivity index (χ4n) is 1.23. The predicted molar refractivity (Wildman–Crippen MR) is 82.4 cm³/mol. The molecule has 0 heterocycles. The van der Waals surface area contributed by atoms with Crippen LogP contribution in [-0.2, 0) is 0 Å². The highest BCUT2D eigenvalue weighted by Crippen LogP contribution is 2.38. The van der Waals surface area contributed by atoms with E-state index in [0.717, 1.165) is 13.1 Å². The average Bonchev–Trinajstić information content (AvgIpc) is 2.47. The smallest absolute Gasteiger partial charge is 0.324 e. The summed E-state index contributed by atoms with van der Waals surface area (Å²) in [5.41, 5.74) is -3.00. The topological polar surface area (TPSA) is 162 Å². The number of phenols is 1. The number of alkyl halides is 2. The summed E-state index contributed by atoms with van der Waals surface area (Å²) in [6.07, 6.45) is 0. The molecule has 0 bridgehead atoms. The van der Waals surface area contributed by atoms with Crippen molar-refractivity contribution in [1.82, 2.24) is 5.32 Å². The maximum atomic E-state index is 10.4. The van der Waals surface area contributed by atoms with Crippen LogP contribution in [0, 0.1) is 30.3 Å². The highest BCUT2D eigenvalue weighted by molar-refractivity contribution is 6.18. The molecule has 0 aromatic heterocycles. The van der Waals surface area contributed by atoms with Gasteiger partial charge in [-0.3, -0.25) is 30.3 Å². The van der Waals surface area contributed by atoms with Crippen molar-refractivity contribution in [2.75, 3.05) is 24.8 Å². The Morgan fingerprint density at radius 1 is 0.913 bits per heavy atom. The molecule has 0 atom stereocenters. The Labute approximate surface area is 139 Å². The van der Waals surface area contributed by atoms with E-state index in [9.17, 15) is 30.3 Å². The number of rotatable bonds is 7. The van der Waals surface area contributed by atoms with Crippen molar-refractivity contribution in [3.05, 3.63) is 42.5 Å². The first kappa shape index (κ1) is 20.8. The van der Waals surface area contributed by atoms with Crippen LogP contribution in [0.15, 0.2) is 12.1 Å². The molecular formula is C10H12Cl2N4O7. The largest absolute Gasteiger partial charge is 0.497 e. The third-order valence-electron chi connectivity index (χ3n) is 2.20. The monoisotopic (exact) mass is 370 g/mol. The molecule has 0 saturated carbocycles. The van der Waals surface area contributed by atoms with Gasteiger partial charge in [0, 0.05) is 24.8 Å². The van der Waals surface area contributed by atoms with E-state index >= 15 is 0 Å². The molecule has 13 heteroatoms. The first-order valence-corrected chi connectivity index (χ1v) is 6.96. The molecule has 11 nitrogen and oxygen atoms in total. The van der Waals surface area contributed by atoms with Crippen LogP contribution in [0.25, 0.3) is 0 Å². The van der Waals surface area contributed by atoms with Gasteiger partial charge in [-0.1, -0.05) is 0 Å². The highest BCUT2D eigenvalue weighted by atomic mass is 35.5. The minimum Gasteiger partial charge on any atom is -0.497 e. The summed E-state index contributed by atoms with van der Waals surface area (Å²) >= 11 is 10.7. The SMILES string of the molecule is ClCCNCCCl.O=[N+]([O-])c1cc([N+](=O)[O-])c(O)c([N+](=O)[O-])c1. The minimum atomic E-state index is -1.21. The molecule has 0 aliphatic heterocycles. The standard InChI is InChI=1S/C6H3N3O7.C4H9Cl2N/c10-6-4(8(13)14)1-3(7(11)12)2-5(6)9(15)16;5-1-3-7-4-2-6/h1-2,10H;7H,1-4H2. The van der Waals surface area contributed by atoms with Gasteiger partial charge < -0.3 is 10.4 Å². The van der Waals surface area contributed by atoms with Crippen LogP contribution in [0.1, 0.15) is 0 Å². The van der Waals surface area contributed by atoms with Crippen LogP contribution < -0.4 is 5.32 Å². The number of aromatic hydroxyl groups is 1. The maximum Gasteiger partial charge on any atom is 0.324 e. The van der Waals surface area contributed by atoms with Crippen LogP contribution in [0.3, 0.4) is 0 Å². The number of nitro benzene ring substituents is 3. The molecule has 0 fully saturated rings. The molecule has 0 spiro atoms. The van der Waals surface area contributed by atoms with E-state index in [-0.39, 0.29) is 0 Å². The minimum absolute atomic E-state index is 0.447. The van der Waals surface area contributed by atoms with Crippen LogP contribution >= 0.6 is 23.2 Å². The Kier molecular flexibility index (Phi) is 9.46. The van der Waals surface area contributed by atoms with E-state index < -0.39 is 37.6 Å². The Morgan fingerprint density at radius 2 is 1.30 bits per heavy atom. The number of nitrogens with zero attached hydrogens (tertiary/aromatic N) is 3. The zero-order valence-corrected chi connectivity index (χ0v) is 13.0. The summed E-state index contributed by atoms with van der Waals surface area (Å²) in [6, 6.07) is 0.894. The van der Waals surface area contributed by atoms with Crippen LogP contribution in [0.2, 0.25) is 0 Å². The van der Waals surface area contributed by atoms with E-state index in [2.05, 4.69) is 5.32 Å². The summed E-state index contributed by atoms with van der Waals surface area (Å²) in [5.74, 6) is 0.119. The molecule has 0 aliphatic rings. The number of non-ortho nitro benzene ring substituents is 1. The number of nitrogens with one attached hydrogen (secondary N) is 1. The van der Waals surface area contributed by atoms with E-state index in [0.29, 0.717) is 23.9 Å². The van der Waals surface area contributed by atoms with Gasteiger partial charge in [-0.25, -0.2) is 0 Å². The number of benzene rings is 1. The molecule has 2 N–H and O–H groups in total. The van der Waals surface area contributed by atoms with Gasteiger partial charge in [0.2, 0.25) is 0 Å². The molecule has 0 radical (unpaired) electrons. The van der Waals surface area contributed by atoms with Gasteiger partial charge in [0.15, 0.2) is 0 Å². The first-order valence-electron chi connectivity index (χ1n) is 5.89. The van der Waals surface area contributed by atoms with E-state index in [1.807, 2.05) is 0 Å². The summed E-state index contributed by atoms with van der Waals surface area (Å²) in [7, 11) is 0. The third kappa shape index (κ3) is 7.04. The Bertz CT molecular complexity index is 545. The number of phenolic OH excluding ortho intramolecular Hbond substituents is 1. The lowest BCUT2D eigenvalue weighted by molar-refractivity contribution is -0.404. The number of hydrogen-bond donors (Lipinski definition) is 2. The van der Waals surface area contributed by atoms with Crippen LogP contribution in [0.5, 0.6) is 5.75 Å². The van der Waals surface area contributed by atoms with Crippen molar-refractivity contribution in [1.29, 1.82) is 0 Å². The van der Waals surface area contributed by atoms with E-state index in [1.54, 1.807) is 0 Å². The molecule has 1 aromatic rings. The molecule has 0 unspecified atom stereocenters. The summed E-state index contributed by atoms with van der Waals surface area (Å²) in [5, 5.41) is 43.2. The Morgan fingerprint density at radius 3 is 1.57 bits per heavy atom. The van der Waals surface area contributed by atoms with Crippen molar-refractivity contribution in [2.24, 2.45) is 0 Å². The van der Waals surface area contributed by atoms with Crippen molar-refractivity contribution < 1.29 is 19.9 Å². The molecule has 0 saturated heterocycles. The maximum absolute atomic E-state index is 10.4. The lowest BCUT2D eigenvalue weighted by Gasteiger charge is -1.97. The van der Waals surface area contributed by atoms with Gasteiger partial charge in [0.05, 0.1) is 26.9 Å². The first-order chi connectivity index (χ1) is 10.8. The van der Waals surface area contributed by atoms with Gasteiger partial charge in [0.25, 0.3) is 11.4 Å². The zero-order chi connectivity index (χ0) is 18.0. The summed E-state index contributed by atoms with van der Waals surface area (Å²) in [4.78, 5) is 27.8. The van der Waals surface area contributed by atoms with Crippen molar-refractivity contribution in [3.8, 4) is 5.75 Å². The van der Waals surface area contributed by atoms with Gasteiger partial charge in [-0.05, 0) is 0 Å². The lowest BCUT2D eigenvalue weighted by atomic mass is 10.2. The molecule has 0 amide bonds. The summed E-state index contributed by atoms with van der Waals surface area (Å²) < 4.78 is 0. The quantitative estimate of drug-likeness (QED) is 0.319. The fraction of sp³-hybridized carbons (Fsp3) is 0.400. The van der Waals surface area contributed by atoms with Gasteiger partial charge in [0.1, 0.15) is 0 Å². The Balaban J connectivity index is 0.000000585. The number of halogens is 2. The van der Waals surface area contributed by atoms with Crippen LogP contribution in [0.4, 0.5) is 17.1 Å². The van der Waals surface area contributed by atoms with Crippen molar-refractivity contribution >= 4 is 40.3 Å². The van der Waals surface area contributed by atoms with E-state index in [4.69, 9.17) is 28.3 Å². The third-order valence-corrected chi connectivity index (χ3v) is 2.58. The van der Waals surface area contributed by atoms with Crippen LogP contribution in [-0.4, -0.2) is 44.7 Å². The molecule has 23 heavy (non-hydrogen) atoms. The van der Waals surface area contributed by atoms with Crippen molar-refractivity contribution in [3.63, 3.8) is 0 Å². The molecule has 128 valence electrons. The molecule has 0 aliphatic carbocycles. The lowest BCUT2D eigenvalue weighted by Crippen LogP contribution is -2.18. The normalized spacial score (nSPS) is 9.65. The number of nitro groups is 3. The molecule has 1 rings (SSSR count). The predicted octanol–water partition coefficient (Wildman–Crippen LogP) is 2.17. The second kappa shape index (κ2) is 10.5. The summed E-state index contributed by atoms with van der Waals surface area (Å²) in [6.45, 7) is 1.71. The van der Waals surface area contributed by atoms with Crippen molar-refractivity contribution in [2.45, 2.75) is 0 Å². The zero-order valence-electron chi connectivity index (χ0n) is 11.5. The van der Waals surface area contributed by atoms with Gasteiger partial charge in [-0.2, -0.15) is 0 Å². The molecule has 1 aromatic carbocycles. The second-order valence-corrected chi connectivity index (χ2v) is 4.49. The van der Waals surface area contributed by atoms with Gasteiger partial charge in [-0.15, -0.1) is 23.2 Å². The Hall–Kier alpha value is -2.24.